The standard InChI is InChI=1S/C20H36B3N2O12P/c1-25(2)4-3-24-38(30,33-8-12-10(27)5-14(21)34-12)37-18-13(36-20(23)16(18)29)7-31-9-32-17-11(6-26)35-19(22)15(17)28/h10-20,26-29H,3-9H2,1-2H3,(H,24,30)/t10?,11-,12-,13-,14-,15?,16?,17?,18?,19-,20-,38?/m1/s1. The summed E-state index contributed by atoms with van der Waals surface area (Å²) in [6.07, 6.45) is -8.00. The summed E-state index contributed by atoms with van der Waals surface area (Å²) in [5.41, 5.74) is 0. The molecule has 0 aromatic heterocycles. The van der Waals surface area contributed by atoms with Gasteiger partial charge in [-0.1, -0.05) is 0 Å². The average Bonchev–Trinajstić information content (AvgIpc) is 3.42. The highest BCUT2D eigenvalue weighted by Gasteiger charge is 2.47. The zero-order valence-corrected chi connectivity index (χ0v) is 22.4. The van der Waals surface area contributed by atoms with Crippen molar-refractivity contribution in [2.24, 2.45) is 0 Å². The second-order valence-corrected chi connectivity index (χ2v) is 11.4. The van der Waals surface area contributed by atoms with Crippen LogP contribution in [0.2, 0.25) is 0 Å². The van der Waals surface area contributed by atoms with Gasteiger partial charge in [0.15, 0.2) is 0 Å². The maximum absolute atomic E-state index is 13.6. The Labute approximate surface area is 226 Å². The minimum absolute atomic E-state index is 0.202. The molecule has 3 heterocycles. The highest BCUT2D eigenvalue weighted by molar-refractivity contribution is 7.51. The van der Waals surface area contributed by atoms with Gasteiger partial charge in [0.05, 0.1) is 25.9 Å². The van der Waals surface area contributed by atoms with Gasteiger partial charge in [0, 0.05) is 31.1 Å². The molecule has 14 nitrogen and oxygen atoms in total. The summed E-state index contributed by atoms with van der Waals surface area (Å²) in [6, 6.07) is -2.85. The van der Waals surface area contributed by atoms with Gasteiger partial charge in [0.2, 0.25) is 0 Å². The van der Waals surface area contributed by atoms with Crippen LogP contribution in [-0.4, -0.2) is 170 Å². The lowest BCUT2D eigenvalue weighted by molar-refractivity contribution is -0.147. The fourth-order valence-electron chi connectivity index (χ4n) is 4.21. The van der Waals surface area contributed by atoms with E-state index in [4.69, 9.17) is 56.3 Å². The number of likely N-dealkylation sites (N-methyl/N-ethyl adjacent to an activating group) is 1. The highest BCUT2D eigenvalue weighted by Crippen LogP contribution is 2.48. The number of ether oxygens (including phenoxy) is 5. The summed E-state index contributed by atoms with van der Waals surface area (Å²) >= 11 is 0. The van der Waals surface area contributed by atoms with Gasteiger partial charge in [0.1, 0.15) is 73.1 Å². The molecule has 12 atom stereocenters. The molecule has 0 aromatic carbocycles. The second-order valence-electron chi connectivity index (χ2n) is 9.65. The molecule has 0 amide bonds. The number of hydrogen-bond donors (Lipinski definition) is 5. The van der Waals surface area contributed by atoms with Crippen LogP contribution in [0.4, 0.5) is 0 Å². The van der Waals surface area contributed by atoms with Gasteiger partial charge in [-0.3, -0.25) is 9.05 Å². The molecular weight excluding hydrogens is 524 g/mol. The molecule has 3 aliphatic rings. The van der Waals surface area contributed by atoms with E-state index in [-0.39, 0.29) is 33.0 Å². The summed E-state index contributed by atoms with van der Waals surface area (Å²) in [5.74, 6) is 0. The molecule has 0 aliphatic carbocycles. The zero-order valence-electron chi connectivity index (χ0n) is 21.5. The average molecular weight is 560 g/mol. The number of rotatable bonds is 15. The van der Waals surface area contributed by atoms with Crippen LogP contribution in [0, 0.1) is 0 Å². The number of aliphatic hydroxyl groups is 4. The highest BCUT2D eigenvalue weighted by atomic mass is 31.2. The number of nitrogens with one attached hydrogen (secondary N) is 1. The van der Waals surface area contributed by atoms with Crippen LogP contribution in [0.5, 0.6) is 0 Å². The third-order valence-corrected chi connectivity index (χ3v) is 7.96. The van der Waals surface area contributed by atoms with Crippen molar-refractivity contribution in [3.8, 4) is 0 Å². The van der Waals surface area contributed by atoms with Crippen molar-refractivity contribution in [3.05, 3.63) is 0 Å². The summed E-state index contributed by atoms with van der Waals surface area (Å²) in [6.45, 7) is -0.547. The van der Waals surface area contributed by atoms with E-state index in [2.05, 4.69) is 5.09 Å². The van der Waals surface area contributed by atoms with Crippen molar-refractivity contribution in [2.75, 3.05) is 53.8 Å². The Kier molecular flexibility index (Phi) is 12.5. The van der Waals surface area contributed by atoms with Gasteiger partial charge >= 0.3 is 7.75 Å². The SMILES string of the molecule is [B][C@@H]1O[C@H](CO)C(OCOC[C@H]2O[C@@H]([B])C(O)C2OP(=O)(NCCN(C)C)OC[C@H]2O[C@@H]([B])CC2O)C1O. The normalized spacial score (nSPS) is 41.2. The summed E-state index contributed by atoms with van der Waals surface area (Å²) in [4.78, 5) is 1.85. The van der Waals surface area contributed by atoms with Crippen LogP contribution in [0.3, 0.4) is 0 Å². The maximum Gasteiger partial charge on any atom is 0.406 e. The third kappa shape index (κ3) is 8.70. The summed E-state index contributed by atoms with van der Waals surface area (Å²) in [5, 5.41) is 42.8. The van der Waals surface area contributed by atoms with Crippen molar-refractivity contribution in [2.45, 2.75) is 73.3 Å². The maximum atomic E-state index is 13.6. The van der Waals surface area contributed by atoms with Crippen LogP contribution in [0.1, 0.15) is 6.42 Å². The number of nitrogens with zero attached hydrogens (tertiary/aromatic N) is 1. The van der Waals surface area contributed by atoms with Gasteiger partial charge in [0.25, 0.3) is 0 Å². The lowest BCUT2D eigenvalue weighted by Crippen LogP contribution is -2.40. The Hall–Kier alpha value is -0.0952. The van der Waals surface area contributed by atoms with E-state index in [1.165, 1.54) is 0 Å². The van der Waals surface area contributed by atoms with Crippen LogP contribution in [-0.2, 0) is 37.3 Å². The van der Waals surface area contributed by atoms with E-state index in [9.17, 15) is 25.0 Å². The van der Waals surface area contributed by atoms with Crippen LogP contribution >= 0.6 is 7.75 Å². The first kappa shape index (κ1) is 32.4. The second kappa shape index (κ2) is 14.7. The van der Waals surface area contributed by atoms with Crippen molar-refractivity contribution < 1.29 is 57.7 Å². The third-order valence-electron chi connectivity index (χ3n) is 6.34. The van der Waals surface area contributed by atoms with E-state index in [0.717, 1.165) is 0 Å². The number of hydrogen-bond acceptors (Lipinski definition) is 13. The van der Waals surface area contributed by atoms with Gasteiger partial charge < -0.3 is 49.0 Å². The van der Waals surface area contributed by atoms with Crippen LogP contribution in [0.15, 0.2) is 0 Å². The zero-order chi connectivity index (χ0) is 28.0. The van der Waals surface area contributed by atoms with Gasteiger partial charge in [-0.05, 0) is 20.5 Å². The predicted molar refractivity (Wildman–Crippen MR) is 134 cm³/mol. The molecule has 38 heavy (non-hydrogen) atoms. The van der Waals surface area contributed by atoms with E-state index in [1.807, 2.05) is 19.0 Å². The Morgan fingerprint density at radius 3 is 2.24 bits per heavy atom. The molecule has 6 unspecified atom stereocenters. The molecule has 0 aromatic rings. The van der Waals surface area contributed by atoms with E-state index < -0.39 is 81.2 Å². The van der Waals surface area contributed by atoms with Crippen molar-refractivity contribution >= 4 is 31.3 Å². The first-order valence-corrected chi connectivity index (χ1v) is 13.9. The summed E-state index contributed by atoms with van der Waals surface area (Å²) in [7, 11) is 16.7. The van der Waals surface area contributed by atoms with E-state index in [1.54, 1.807) is 0 Å². The van der Waals surface area contributed by atoms with Crippen molar-refractivity contribution in [3.63, 3.8) is 0 Å². The first-order valence-electron chi connectivity index (χ1n) is 12.3. The minimum Gasteiger partial charge on any atom is -0.394 e. The minimum atomic E-state index is -4.09. The quantitative estimate of drug-likeness (QED) is 0.0570. The Balaban J connectivity index is 1.58. The van der Waals surface area contributed by atoms with Crippen molar-refractivity contribution in [1.29, 1.82) is 0 Å². The Bertz CT molecular complexity index is 779. The van der Waals surface area contributed by atoms with Crippen molar-refractivity contribution in [1.82, 2.24) is 9.99 Å². The lowest BCUT2D eigenvalue weighted by Gasteiger charge is -2.28. The predicted octanol–water partition coefficient (Wildman–Crippen LogP) is -3.85. The largest absolute Gasteiger partial charge is 0.406 e. The monoisotopic (exact) mass is 560 g/mol. The van der Waals surface area contributed by atoms with Crippen LogP contribution in [0.25, 0.3) is 0 Å². The van der Waals surface area contributed by atoms with E-state index in [0.29, 0.717) is 6.54 Å². The Morgan fingerprint density at radius 2 is 1.63 bits per heavy atom. The molecule has 6 radical (unpaired) electrons. The molecule has 3 fully saturated rings. The first-order chi connectivity index (χ1) is 17.9. The molecule has 3 saturated heterocycles. The topological polar surface area (TPSA) is 178 Å². The van der Waals surface area contributed by atoms with Gasteiger partial charge in [-0.15, -0.1) is 0 Å². The Morgan fingerprint density at radius 1 is 0.974 bits per heavy atom. The van der Waals surface area contributed by atoms with Crippen LogP contribution < -0.4 is 5.09 Å². The molecule has 18 heteroatoms. The molecule has 0 spiro atoms. The molecule has 3 aliphatic heterocycles. The molecule has 0 saturated carbocycles. The molecule has 0 bridgehead atoms. The molecular formula is C20H36B3N2O12P. The van der Waals surface area contributed by atoms with E-state index >= 15 is 0 Å². The summed E-state index contributed by atoms with van der Waals surface area (Å²) < 4.78 is 52.0. The fraction of sp³-hybridized carbons (Fsp3) is 1.00. The molecule has 212 valence electrons. The fourth-order valence-corrected chi connectivity index (χ4v) is 5.73. The lowest BCUT2D eigenvalue weighted by atomic mass is 9.93. The van der Waals surface area contributed by atoms with Gasteiger partial charge in [-0.25, -0.2) is 9.65 Å². The van der Waals surface area contributed by atoms with Gasteiger partial charge in [-0.2, -0.15) is 0 Å². The number of aliphatic hydroxyl groups excluding tert-OH is 4. The molecule has 3 rings (SSSR count). The molecule has 5 N–H and O–H groups in total. The smallest absolute Gasteiger partial charge is 0.394 e.